The van der Waals surface area contributed by atoms with Crippen molar-refractivity contribution in [2.45, 2.75) is 6.54 Å². The van der Waals surface area contributed by atoms with Gasteiger partial charge in [0.2, 0.25) is 0 Å². The lowest BCUT2D eigenvalue weighted by Crippen LogP contribution is -2.02. The molecule has 18 heavy (non-hydrogen) atoms. The monoisotopic (exact) mass is 276 g/mol. The molecule has 0 unspecified atom stereocenters. The lowest BCUT2D eigenvalue weighted by atomic mass is 10.2. The smallest absolute Gasteiger partial charge is 0.176 e. The van der Waals surface area contributed by atoms with Gasteiger partial charge in [0.05, 0.1) is 12.9 Å². The van der Waals surface area contributed by atoms with Crippen LogP contribution in [0.15, 0.2) is 24.5 Å². The predicted octanol–water partition coefficient (Wildman–Crippen LogP) is 2.98. The van der Waals surface area contributed by atoms with Crippen LogP contribution in [0, 0.1) is 22.7 Å². The lowest BCUT2D eigenvalue weighted by molar-refractivity contribution is 0.786. The third-order valence-electron chi connectivity index (χ3n) is 2.41. The van der Waals surface area contributed by atoms with Gasteiger partial charge < -0.3 is 4.57 Å². The van der Waals surface area contributed by atoms with Crippen LogP contribution in [0.5, 0.6) is 0 Å². The number of imidazole rings is 1. The summed E-state index contributed by atoms with van der Waals surface area (Å²) in [4.78, 5) is 3.86. The standard InChI is InChI=1S/C12H6Cl2N4/c13-9-2-1-8(10(14)3-9)6-18-7-17-11(4-15)12(18)5-16/h1-3,7H,6H2. The Morgan fingerprint density at radius 3 is 2.61 bits per heavy atom. The summed E-state index contributed by atoms with van der Waals surface area (Å²) in [6, 6.07) is 8.95. The molecule has 0 N–H and O–H groups in total. The van der Waals surface area contributed by atoms with Crippen molar-refractivity contribution in [1.82, 2.24) is 9.55 Å². The van der Waals surface area contributed by atoms with Crippen LogP contribution >= 0.6 is 23.2 Å². The Balaban J connectivity index is 2.38. The molecule has 0 fully saturated rings. The van der Waals surface area contributed by atoms with Gasteiger partial charge in [-0.25, -0.2) is 4.98 Å². The molecular weight excluding hydrogens is 271 g/mol. The summed E-state index contributed by atoms with van der Waals surface area (Å²) in [5.41, 5.74) is 1.14. The zero-order valence-corrected chi connectivity index (χ0v) is 10.6. The lowest BCUT2D eigenvalue weighted by Gasteiger charge is -2.06. The van der Waals surface area contributed by atoms with E-state index in [4.69, 9.17) is 33.7 Å². The van der Waals surface area contributed by atoms with Crippen molar-refractivity contribution in [3.05, 3.63) is 51.5 Å². The molecule has 0 radical (unpaired) electrons. The van der Waals surface area contributed by atoms with Crippen molar-refractivity contribution in [2.24, 2.45) is 0 Å². The Bertz CT molecular complexity index is 676. The summed E-state index contributed by atoms with van der Waals surface area (Å²) in [5.74, 6) is 0. The normalized spacial score (nSPS) is 9.78. The molecule has 0 amide bonds. The minimum atomic E-state index is 0.114. The Labute approximate surface area is 114 Å². The van der Waals surface area contributed by atoms with Crippen molar-refractivity contribution in [3.63, 3.8) is 0 Å². The number of nitrogens with zero attached hydrogens (tertiary/aromatic N) is 4. The second-order valence-electron chi connectivity index (χ2n) is 3.53. The molecule has 0 saturated heterocycles. The van der Waals surface area contributed by atoms with Crippen molar-refractivity contribution in [3.8, 4) is 12.1 Å². The fourth-order valence-corrected chi connectivity index (χ4v) is 2.00. The van der Waals surface area contributed by atoms with Gasteiger partial charge in [-0.1, -0.05) is 29.3 Å². The zero-order valence-electron chi connectivity index (χ0n) is 9.06. The number of halogens is 2. The maximum absolute atomic E-state index is 8.99. The molecule has 2 aromatic rings. The van der Waals surface area contributed by atoms with Crippen LogP contribution in [0.2, 0.25) is 10.0 Å². The van der Waals surface area contributed by atoms with Crippen LogP contribution in [0.25, 0.3) is 0 Å². The van der Waals surface area contributed by atoms with Gasteiger partial charge in [-0.05, 0) is 17.7 Å². The Morgan fingerprint density at radius 2 is 2.00 bits per heavy atom. The van der Waals surface area contributed by atoms with Gasteiger partial charge in [0, 0.05) is 10.0 Å². The first-order chi connectivity index (χ1) is 8.65. The second kappa shape index (κ2) is 5.10. The van der Waals surface area contributed by atoms with Gasteiger partial charge in [-0.15, -0.1) is 0 Å². The van der Waals surface area contributed by atoms with Crippen LogP contribution < -0.4 is 0 Å². The molecule has 0 bridgehead atoms. The van der Waals surface area contributed by atoms with Crippen molar-refractivity contribution < 1.29 is 0 Å². The molecular formula is C12H6Cl2N4. The third kappa shape index (κ3) is 2.31. The van der Waals surface area contributed by atoms with Gasteiger partial charge in [-0.2, -0.15) is 10.5 Å². The highest BCUT2D eigenvalue weighted by molar-refractivity contribution is 6.35. The van der Waals surface area contributed by atoms with Crippen molar-refractivity contribution in [1.29, 1.82) is 10.5 Å². The molecule has 4 nitrogen and oxygen atoms in total. The van der Waals surface area contributed by atoms with Crippen LogP contribution in [0.3, 0.4) is 0 Å². The van der Waals surface area contributed by atoms with E-state index in [0.29, 0.717) is 16.6 Å². The van der Waals surface area contributed by atoms with Crippen molar-refractivity contribution in [2.75, 3.05) is 0 Å². The summed E-state index contributed by atoms with van der Waals surface area (Å²) in [7, 11) is 0. The summed E-state index contributed by atoms with van der Waals surface area (Å²) in [6.07, 6.45) is 1.45. The molecule has 1 aromatic carbocycles. The molecule has 0 atom stereocenters. The van der Waals surface area contributed by atoms with E-state index in [1.165, 1.54) is 6.33 Å². The summed E-state index contributed by atoms with van der Waals surface area (Å²) >= 11 is 11.9. The van der Waals surface area contributed by atoms with Crippen LogP contribution in [0.1, 0.15) is 17.0 Å². The topological polar surface area (TPSA) is 65.4 Å². The molecule has 1 aromatic heterocycles. The highest BCUT2D eigenvalue weighted by Crippen LogP contribution is 2.22. The van der Waals surface area contributed by atoms with Gasteiger partial charge >= 0.3 is 0 Å². The van der Waals surface area contributed by atoms with Crippen LogP contribution in [0.4, 0.5) is 0 Å². The average Bonchev–Trinajstić information content (AvgIpc) is 2.74. The number of nitriles is 2. The minimum Gasteiger partial charge on any atom is -0.317 e. The summed E-state index contributed by atoms with van der Waals surface area (Å²) in [6.45, 7) is 0.369. The first-order valence-electron chi connectivity index (χ1n) is 4.95. The third-order valence-corrected chi connectivity index (χ3v) is 2.99. The van der Waals surface area contributed by atoms with E-state index < -0.39 is 0 Å². The number of hydrogen-bond acceptors (Lipinski definition) is 3. The van der Waals surface area contributed by atoms with E-state index in [0.717, 1.165) is 5.56 Å². The zero-order chi connectivity index (χ0) is 13.1. The van der Waals surface area contributed by atoms with Gasteiger partial charge in [0.15, 0.2) is 11.4 Å². The highest BCUT2D eigenvalue weighted by atomic mass is 35.5. The Morgan fingerprint density at radius 1 is 1.22 bits per heavy atom. The van der Waals surface area contributed by atoms with E-state index in [1.807, 2.05) is 12.1 Å². The Hall–Kier alpha value is -2.01. The fraction of sp³-hybridized carbons (Fsp3) is 0.0833. The molecule has 0 aliphatic heterocycles. The van der Waals surface area contributed by atoms with E-state index >= 15 is 0 Å². The maximum atomic E-state index is 8.99. The number of hydrogen-bond donors (Lipinski definition) is 0. The molecule has 6 heteroatoms. The largest absolute Gasteiger partial charge is 0.317 e. The van der Waals surface area contributed by atoms with E-state index in [-0.39, 0.29) is 11.4 Å². The SMILES string of the molecule is N#Cc1ncn(Cc2ccc(Cl)cc2Cl)c1C#N. The molecule has 1 heterocycles. The highest BCUT2D eigenvalue weighted by Gasteiger charge is 2.11. The van der Waals surface area contributed by atoms with E-state index in [9.17, 15) is 0 Å². The number of benzene rings is 1. The average molecular weight is 277 g/mol. The van der Waals surface area contributed by atoms with E-state index in [1.54, 1.807) is 22.8 Å². The Kier molecular flexibility index (Phi) is 3.53. The molecule has 2 rings (SSSR count). The molecule has 88 valence electrons. The van der Waals surface area contributed by atoms with Gasteiger partial charge in [0.25, 0.3) is 0 Å². The molecule has 0 saturated carbocycles. The maximum Gasteiger partial charge on any atom is 0.176 e. The predicted molar refractivity (Wildman–Crippen MR) is 67.2 cm³/mol. The first kappa shape index (κ1) is 12.4. The van der Waals surface area contributed by atoms with Crippen LogP contribution in [-0.4, -0.2) is 9.55 Å². The van der Waals surface area contributed by atoms with E-state index in [2.05, 4.69) is 4.98 Å². The number of aromatic nitrogens is 2. The molecule has 0 aliphatic rings. The molecule has 0 aliphatic carbocycles. The van der Waals surface area contributed by atoms with Gasteiger partial charge in [-0.3, -0.25) is 0 Å². The number of rotatable bonds is 2. The second-order valence-corrected chi connectivity index (χ2v) is 4.37. The van der Waals surface area contributed by atoms with Crippen LogP contribution in [-0.2, 0) is 6.54 Å². The summed E-state index contributed by atoms with van der Waals surface area (Å²) < 4.78 is 1.58. The van der Waals surface area contributed by atoms with Crippen molar-refractivity contribution >= 4 is 23.2 Å². The first-order valence-corrected chi connectivity index (χ1v) is 5.70. The van der Waals surface area contributed by atoms with Gasteiger partial charge in [0.1, 0.15) is 12.1 Å². The fourth-order valence-electron chi connectivity index (χ4n) is 1.53. The summed E-state index contributed by atoms with van der Waals surface area (Å²) in [5, 5.41) is 18.9. The minimum absolute atomic E-state index is 0.114. The molecule has 0 spiro atoms. The quantitative estimate of drug-likeness (QED) is 0.847.